The lowest BCUT2D eigenvalue weighted by Crippen LogP contribution is -2.53. The predicted octanol–water partition coefficient (Wildman–Crippen LogP) is 3.26. The van der Waals surface area contributed by atoms with Crippen molar-refractivity contribution in [2.45, 2.75) is 38.0 Å². The smallest absolute Gasteiger partial charge is 0.280 e. The summed E-state index contributed by atoms with van der Waals surface area (Å²) in [6.45, 7) is -2.00. The number of hydrogen-bond acceptors (Lipinski definition) is 7. The number of methoxy groups -OCH3 is 1. The summed E-state index contributed by atoms with van der Waals surface area (Å²) >= 11 is 0. The highest BCUT2D eigenvalue weighted by molar-refractivity contribution is 5.89. The molecule has 4 heterocycles. The van der Waals surface area contributed by atoms with E-state index in [4.69, 9.17) is 8.85 Å². The summed E-state index contributed by atoms with van der Waals surface area (Å²) in [7, 11) is 1.41. The molecule has 0 radical (unpaired) electrons. The van der Waals surface area contributed by atoms with Gasteiger partial charge in [-0.15, -0.1) is 10.2 Å². The Kier molecular flexibility index (Phi) is 4.70. The van der Waals surface area contributed by atoms with E-state index in [9.17, 15) is 13.2 Å². The number of benzene rings is 1. The first kappa shape index (κ1) is 19.0. The Morgan fingerprint density at radius 1 is 1.35 bits per heavy atom. The van der Waals surface area contributed by atoms with Gasteiger partial charge in [-0.2, -0.15) is 4.98 Å². The number of piperidine rings is 1. The van der Waals surface area contributed by atoms with Gasteiger partial charge in [-0.05, 0) is 44.1 Å². The summed E-state index contributed by atoms with van der Waals surface area (Å²) < 4.78 is 73.9. The zero-order valence-electron chi connectivity index (χ0n) is 21.5. The van der Waals surface area contributed by atoms with E-state index in [1.807, 2.05) is 12.1 Å². The molecule has 180 valence electrons. The van der Waals surface area contributed by atoms with E-state index in [1.165, 1.54) is 23.2 Å². The first-order valence-corrected chi connectivity index (χ1v) is 10.8. The quantitative estimate of drug-likeness (QED) is 0.456. The van der Waals surface area contributed by atoms with Crippen molar-refractivity contribution in [1.82, 2.24) is 34.5 Å². The largest absolute Gasteiger partial charge is 0.479 e. The molecule has 1 aromatic carbocycles. The zero-order chi connectivity index (χ0) is 26.5. The number of aromatic nitrogens is 6. The van der Waals surface area contributed by atoms with Crippen molar-refractivity contribution in [3.8, 4) is 17.0 Å². The third-order valence-corrected chi connectivity index (χ3v) is 5.82. The van der Waals surface area contributed by atoms with E-state index in [1.54, 1.807) is 18.3 Å². The maximum absolute atomic E-state index is 14.8. The SMILES string of the molecule is [2H]C([2H])([2H])N1CC[C@@H](Nc2nc(OC)c3c(-c4ccc5nnn(C[C@@H](C)F)c5c4)ccn3n2)C(F)(F)C1. The van der Waals surface area contributed by atoms with Gasteiger partial charge < -0.3 is 15.0 Å². The predicted molar refractivity (Wildman–Crippen MR) is 121 cm³/mol. The summed E-state index contributed by atoms with van der Waals surface area (Å²) in [4.78, 5) is 5.10. The Bertz CT molecular complexity index is 1440. The van der Waals surface area contributed by atoms with Crippen LogP contribution in [0.25, 0.3) is 27.7 Å². The van der Waals surface area contributed by atoms with Crippen LogP contribution in [0.15, 0.2) is 30.5 Å². The lowest BCUT2D eigenvalue weighted by Gasteiger charge is -2.36. The van der Waals surface area contributed by atoms with E-state index in [-0.39, 0.29) is 31.3 Å². The Labute approximate surface area is 197 Å². The molecule has 9 nitrogen and oxygen atoms in total. The molecular formula is C22H25F3N8O. The molecule has 1 aliphatic heterocycles. The van der Waals surface area contributed by atoms with Crippen molar-refractivity contribution in [1.29, 1.82) is 0 Å². The summed E-state index contributed by atoms with van der Waals surface area (Å²) in [5.41, 5.74) is 3.26. The molecule has 0 amide bonds. The molecule has 2 atom stereocenters. The number of anilines is 1. The number of nitrogens with zero attached hydrogens (tertiary/aromatic N) is 7. The molecule has 4 aromatic rings. The molecule has 1 aliphatic rings. The molecule has 1 N–H and O–H groups in total. The maximum atomic E-state index is 14.8. The van der Waals surface area contributed by atoms with Crippen molar-refractivity contribution in [2.75, 3.05) is 32.5 Å². The fourth-order valence-corrected chi connectivity index (χ4v) is 4.21. The third kappa shape index (κ3) is 4.02. The highest BCUT2D eigenvalue weighted by Gasteiger charge is 2.44. The molecule has 0 saturated carbocycles. The first-order valence-electron chi connectivity index (χ1n) is 12.3. The van der Waals surface area contributed by atoms with Crippen LogP contribution < -0.4 is 10.1 Å². The van der Waals surface area contributed by atoms with Gasteiger partial charge in [0, 0.05) is 22.4 Å². The van der Waals surface area contributed by atoms with Crippen molar-refractivity contribution in [2.24, 2.45) is 0 Å². The van der Waals surface area contributed by atoms with E-state index >= 15 is 0 Å². The van der Waals surface area contributed by atoms with Crippen molar-refractivity contribution < 1.29 is 22.0 Å². The Hall–Kier alpha value is -3.41. The van der Waals surface area contributed by atoms with Crippen LogP contribution in [-0.2, 0) is 6.54 Å². The van der Waals surface area contributed by atoms with Gasteiger partial charge in [-0.25, -0.2) is 22.4 Å². The number of rotatable bonds is 6. The molecule has 0 unspecified atom stereocenters. The summed E-state index contributed by atoms with van der Waals surface area (Å²) in [6, 6.07) is 5.87. The number of alkyl halides is 3. The van der Waals surface area contributed by atoms with E-state index < -0.39 is 31.7 Å². The van der Waals surface area contributed by atoms with Crippen LogP contribution in [0.5, 0.6) is 5.88 Å². The zero-order valence-corrected chi connectivity index (χ0v) is 18.5. The minimum absolute atomic E-state index is 0.0219. The van der Waals surface area contributed by atoms with Crippen LogP contribution >= 0.6 is 0 Å². The number of ether oxygens (including phenoxy) is 1. The monoisotopic (exact) mass is 477 g/mol. The molecule has 0 aliphatic carbocycles. The van der Waals surface area contributed by atoms with Crippen LogP contribution in [0.3, 0.4) is 0 Å². The van der Waals surface area contributed by atoms with Crippen molar-refractivity contribution in [3.05, 3.63) is 30.5 Å². The first-order chi connectivity index (χ1) is 17.5. The van der Waals surface area contributed by atoms with Crippen molar-refractivity contribution >= 4 is 22.5 Å². The second-order valence-corrected chi connectivity index (χ2v) is 8.39. The molecule has 1 saturated heterocycles. The molecule has 5 rings (SSSR count). The topological polar surface area (TPSA) is 85.4 Å². The van der Waals surface area contributed by atoms with Crippen molar-refractivity contribution in [3.63, 3.8) is 0 Å². The lowest BCUT2D eigenvalue weighted by molar-refractivity contribution is -0.0675. The summed E-state index contributed by atoms with van der Waals surface area (Å²) in [5.74, 6) is -3.23. The minimum Gasteiger partial charge on any atom is -0.479 e. The fourth-order valence-electron chi connectivity index (χ4n) is 4.21. The van der Waals surface area contributed by atoms with Gasteiger partial charge in [-0.1, -0.05) is 11.3 Å². The molecule has 0 bridgehead atoms. The van der Waals surface area contributed by atoms with E-state index in [0.29, 0.717) is 22.1 Å². The fraction of sp³-hybridized carbons (Fsp3) is 0.455. The highest BCUT2D eigenvalue weighted by atomic mass is 19.3. The number of nitrogens with one attached hydrogen (secondary N) is 1. The molecule has 0 spiro atoms. The van der Waals surface area contributed by atoms with E-state index in [0.717, 1.165) is 10.5 Å². The van der Waals surface area contributed by atoms with Crippen LogP contribution in [0, 0.1) is 0 Å². The molecule has 34 heavy (non-hydrogen) atoms. The average Bonchev–Trinajstić information content (AvgIpc) is 3.42. The lowest BCUT2D eigenvalue weighted by atomic mass is 10.0. The average molecular weight is 478 g/mol. The Morgan fingerprint density at radius 2 is 2.21 bits per heavy atom. The summed E-state index contributed by atoms with van der Waals surface area (Å²) in [5, 5.41) is 15.1. The van der Waals surface area contributed by atoms with Crippen LogP contribution in [0.1, 0.15) is 17.5 Å². The van der Waals surface area contributed by atoms with Gasteiger partial charge in [0.1, 0.15) is 17.2 Å². The standard InChI is InChI=1S/C22H25F3N8O/c1-13(23)11-33-17-10-14(4-5-16(17)28-30-33)15-6-9-32-19(15)20(34-3)27-21(29-32)26-18-7-8-31(2)12-22(18,24)25/h4-6,9-10,13,18H,7-8,11-12H2,1-3H3,(H,26,29)/t13-,18-/m1/s1/i2D3. The third-order valence-electron chi connectivity index (χ3n) is 5.82. The Morgan fingerprint density at radius 3 is 2.94 bits per heavy atom. The van der Waals surface area contributed by atoms with Gasteiger partial charge in [0.15, 0.2) is 0 Å². The molecule has 12 heteroatoms. The second kappa shape index (κ2) is 8.42. The van der Waals surface area contributed by atoms with Gasteiger partial charge in [-0.3, -0.25) is 0 Å². The van der Waals surface area contributed by atoms with Crippen LogP contribution in [0.4, 0.5) is 19.1 Å². The van der Waals surface area contributed by atoms with Gasteiger partial charge >= 0.3 is 0 Å². The number of halogens is 3. The van der Waals surface area contributed by atoms with Gasteiger partial charge in [0.2, 0.25) is 11.8 Å². The van der Waals surface area contributed by atoms with Crippen LogP contribution in [-0.4, -0.2) is 79.8 Å². The minimum atomic E-state index is -3.32. The number of fused-ring (bicyclic) bond motifs is 2. The summed E-state index contributed by atoms with van der Waals surface area (Å²) in [6.07, 6.45) is 0.445. The second-order valence-electron chi connectivity index (χ2n) is 8.39. The van der Waals surface area contributed by atoms with Crippen LogP contribution in [0.2, 0.25) is 0 Å². The van der Waals surface area contributed by atoms with Gasteiger partial charge in [0.25, 0.3) is 5.92 Å². The number of hydrogen-bond donors (Lipinski definition) is 1. The number of likely N-dealkylation sites (tertiary alicyclic amines) is 1. The molecule has 1 fully saturated rings. The Balaban J connectivity index is 1.47. The molecule has 3 aromatic heterocycles. The normalized spacial score (nSPS) is 21.2. The van der Waals surface area contributed by atoms with E-state index in [2.05, 4.69) is 25.7 Å². The molecular weight excluding hydrogens is 449 g/mol. The maximum Gasteiger partial charge on any atom is 0.280 e. The van der Waals surface area contributed by atoms with Gasteiger partial charge in [0.05, 0.1) is 31.8 Å². The highest BCUT2D eigenvalue weighted by Crippen LogP contribution is 2.34.